The van der Waals surface area contributed by atoms with Gasteiger partial charge in [-0.25, -0.2) is 0 Å². The number of rotatable bonds is 2. The molecular weight excluding hydrogens is 182 g/mol. The summed E-state index contributed by atoms with van der Waals surface area (Å²) in [6, 6.07) is 0. The Morgan fingerprint density at radius 2 is 1.60 bits per heavy atom. The topological polar surface area (TPSA) is 26.0 Å². The van der Waals surface area contributed by atoms with E-state index in [-0.39, 0.29) is 0 Å². The maximum atomic E-state index is 5.86. The van der Waals surface area contributed by atoms with E-state index in [2.05, 4.69) is 27.7 Å². The van der Waals surface area contributed by atoms with Gasteiger partial charge in [0.2, 0.25) is 0 Å². The number of nitrogens with two attached hydrogens (primary N) is 1. The van der Waals surface area contributed by atoms with Gasteiger partial charge >= 0.3 is 0 Å². The molecule has 0 aromatic heterocycles. The zero-order valence-electron chi connectivity index (χ0n) is 10.8. The lowest BCUT2D eigenvalue weighted by Crippen LogP contribution is -2.23. The fourth-order valence-electron chi connectivity index (χ4n) is 3.95. The minimum atomic E-state index is 0.543. The molecule has 0 unspecified atom stereocenters. The van der Waals surface area contributed by atoms with Gasteiger partial charge in [-0.2, -0.15) is 0 Å². The van der Waals surface area contributed by atoms with Crippen LogP contribution in [0.3, 0.4) is 0 Å². The Bertz CT molecular complexity index is 232. The molecule has 0 aliphatic heterocycles. The van der Waals surface area contributed by atoms with Crippen LogP contribution in [0, 0.1) is 28.6 Å². The lowest BCUT2D eigenvalue weighted by molar-refractivity contribution is 0.166. The van der Waals surface area contributed by atoms with Crippen LogP contribution in [-0.4, -0.2) is 6.54 Å². The van der Waals surface area contributed by atoms with Crippen LogP contribution in [-0.2, 0) is 0 Å². The largest absolute Gasteiger partial charge is 0.330 e. The first-order chi connectivity index (χ1) is 6.88. The van der Waals surface area contributed by atoms with Crippen molar-refractivity contribution in [2.24, 2.45) is 34.3 Å². The molecule has 2 aliphatic carbocycles. The van der Waals surface area contributed by atoms with Crippen LogP contribution in [0.1, 0.15) is 53.4 Å². The summed E-state index contributed by atoms with van der Waals surface area (Å²) < 4.78 is 0. The fourth-order valence-corrected chi connectivity index (χ4v) is 3.95. The van der Waals surface area contributed by atoms with Crippen molar-refractivity contribution in [3.05, 3.63) is 0 Å². The average Bonchev–Trinajstić information content (AvgIpc) is 2.68. The van der Waals surface area contributed by atoms with E-state index in [1.165, 1.54) is 25.7 Å². The molecule has 15 heavy (non-hydrogen) atoms. The third kappa shape index (κ3) is 1.95. The van der Waals surface area contributed by atoms with Crippen molar-refractivity contribution < 1.29 is 0 Å². The van der Waals surface area contributed by atoms with E-state index in [1.54, 1.807) is 0 Å². The van der Waals surface area contributed by atoms with Gasteiger partial charge in [0.25, 0.3) is 0 Å². The smallest absolute Gasteiger partial charge is 0.00407 e. The van der Waals surface area contributed by atoms with E-state index in [0.717, 1.165) is 24.3 Å². The van der Waals surface area contributed by atoms with Crippen molar-refractivity contribution in [3.63, 3.8) is 0 Å². The molecule has 0 bridgehead atoms. The number of hydrogen-bond acceptors (Lipinski definition) is 1. The van der Waals surface area contributed by atoms with E-state index in [0.29, 0.717) is 10.8 Å². The Labute approximate surface area is 94.8 Å². The predicted octanol–water partition coefficient (Wildman–Crippen LogP) is 3.43. The van der Waals surface area contributed by atoms with Gasteiger partial charge in [-0.05, 0) is 60.8 Å². The highest BCUT2D eigenvalue weighted by molar-refractivity contribution is 5.08. The molecule has 2 N–H and O–H groups in total. The molecule has 2 fully saturated rings. The first-order valence-electron chi connectivity index (χ1n) is 6.58. The highest BCUT2D eigenvalue weighted by Gasteiger charge is 2.59. The molecular formula is C14H27N. The standard InChI is InChI=1S/C14H27N/c1-13(2)7-5-10(6-8-13)12-11(9-15)14(12,3)4/h10-12H,5-9,15H2,1-4H3/t11-,12-/m1/s1. The predicted molar refractivity (Wildman–Crippen MR) is 65.6 cm³/mol. The van der Waals surface area contributed by atoms with Crippen molar-refractivity contribution >= 4 is 0 Å². The van der Waals surface area contributed by atoms with Gasteiger partial charge in [0.15, 0.2) is 0 Å². The number of hydrogen-bond donors (Lipinski definition) is 1. The van der Waals surface area contributed by atoms with Crippen LogP contribution in [0.15, 0.2) is 0 Å². The summed E-state index contributed by atoms with van der Waals surface area (Å²) in [7, 11) is 0. The Morgan fingerprint density at radius 3 is 2.00 bits per heavy atom. The molecule has 2 rings (SSSR count). The van der Waals surface area contributed by atoms with Crippen molar-refractivity contribution in [1.82, 2.24) is 0 Å². The molecule has 0 radical (unpaired) electrons. The van der Waals surface area contributed by atoms with E-state index in [9.17, 15) is 0 Å². The van der Waals surface area contributed by atoms with Gasteiger partial charge in [0.1, 0.15) is 0 Å². The van der Waals surface area contributed by atoms with Crippen molar-refractivity contribution in [1.29, 1.82) is 0 Å². The monoisotopic (exact) mass is 209 g/mol. The molecule has 0 spiro atoms. The first-order valence-corrected chi connectivity index (χ1v) is 6.58. The van der Waals surface area contributed by atoms with E-state index in [1.807, 2.05) is 0 Å². The van der Waals surface area contributed by atoms with Crippen molar-refractivity contribution in [2.45, 2.75) is 53.4 Å². The third-order valence-corrected chi connectivity index (χ3v) is 5.28. The SMILES string of the molecule is CC1(C)CCC([C@@H]2[C@@H](CN)C2(C)C)CC1. The van der Waals surface area contributed by atoms with Crippen LogP contribution >= 0.6 is 0 Å². The van der Waals surface area contributed by atoms with Crippen LogP contribution in [0.25, 0.3) is 0 Å². The quantitative estimate of drug-likeness (QED) is 0.741. The zero-order chi connectivity index (χ0) is 11.3. The van der Waals surface area contributed by atoms with Gasteiger partial charge in [0.05, 0.1) is 0 Å². The van der Waals surface area contributed by atoms with Gasteiger partial charge in [-0.15, -0.1) is 0 Å². The van der Waals surface area contributed by atoms with Gasteiger partial charge in [-0.3, -0.25) is 0 Å². The minimum Gasteiger partial charge on any atom is -0.330 e. The summed E-state index contributed by atoms with van der Waals surface area (Å²) in [6.07, 6.45) is 5.72. The molecule has 0 saturated heterocycles. The van der Waals surface area contributed by atoms with Crippen LogP contribution in [0.4, 0.5) is 0 Å². The molecule has 1 heteroatoms. The molecule has 0 amide bonds. The Balaban J connectivity index is 1.93. The molecule has 1 nitrogen and oxygen atoms in total. The lowest BCUT2D eigenvalue weighted by atomic mass is 9.71. The Hall–Kier alpha value is -0.0400. The lowest BCUT2D eigenvalue weighted by Gasteiger charge is -2.35. The Kier molecular flexibility index (Phi) is 2.65. The fraction of sp³-hybridized carbons (Fsp3) is 1.00. The maximum Gasteiger partial charge on any atom is -0.00407 e. The van der Waals surface area contributed by atoms with Gasteiger partial charge in [0, 0.05) is 0 Å². The molecule has 2 aliphatic rings. The third-order valence-electron chi connectivity index (χ3n) is 5.28. The van der Waals surface area contributed by atoms with E-state index >= 15 is 0 Å². The summed E-state index contributed by atoms with van der Waals surface area (Å²) in [5, 5.41) is 0. The summed E-state index contributed by atoms with van der Waals surface area (Å²) in [4.78, 5) is 0. The highest BCUT2D eigenvalue weighted by Crippen LogP contribution is 2.64. The van der Waals surface area contributed by atoms with Crippen molar-refractivity contribution in [3.8, 4) is 0 Å². The Morgan fingerprint density at radius 1 is 1.07 bits per heavy atom. The second kappa shape index (κ2) is 3.48. The van der Waals surface area contributed by atoms with Gasteiger partial charge < -0.3 is 5.73 Å². The molecule has 88 valence electrons. The van der Waals surface area contributed by atoms with Gasteiger partial charge in [-0.1, -0.05) is 27.7 Å². The summed E-state index contributed by atoms with van der Waals surface area (Å²) >= 11 is 0. The molecule has 0 heterocycles. The molecule has 2 atom stereocenters. The maximum absolute atomic E-state index is 5.86. The summed E-state index contributed by atoms with van der Waals surface area (Å²) in [6.45, 7) is 10.6. The highest BCUT2D eigenvalue weighted by atomic mass is 14.7. The van der Waals surface area contributed by atoms with Crippen molar-refractivity contribution in [2.75, 3.05) is 6.54 Å². The first kappa shape index (κ1) is 11.4. The molecule has 0 aromatic carbocycles. The molecule has 0 aromatic rings. The normalized spacial score (nSPS) is 39.0. The van der Waals surface area contributed by atoms with Crippen LogP contribution in [0.5, 0.6) is 0 Å². The summed E-state index contributed by atoms with van der Waals surface area (Å²) in [5.41, 5.74) is 7.01. The van der Waals surface area contributed by atoms with E-state index in [4.69, 9.17) is 5.73 Å². The average molecular weight is 209 g/mol. The minimum absolute atomic E-state index is 0.543. The molecule has 2 saturated carbocycles. The van der Waals surface area contributed by atoms with Crippen LogP contribution < -0.4 is 5.73 Å². The summed E-state index contributed by atoms with van der Waals surface area (Å²) in [5.74, 6) is 2.71. The second-order valence-corrected chi connectivity index (χ2v) is 7.19. The second-order valence-electron chi connectivity index (χ2n) is 7.19. The zero-order valence-corrected chi connectivity index (χ0v) is 10.8. The van der Waals surface area contributed by atoms with E-state index < -0.39 is 0 Å². The van der Waals surface area contributed by atoms with Crippen LogP contribution in [0.2, 0.25) is 0 Å².